The number of halogens is 1. The lowest BCUT2D eigenvalue weighted by molar-refractivity contribution is -0.384. The molecule has 0 saturated heterocycles. The highest BCUT2D eigenvalue weighted by molar-refractivity contribution is 14.0. The molecule has 29 heavy (non-hydrogen) atoms. The minimum atomic E-state index is -1.12. The standard InChI is InChI=1S/C18H27N7O3.HI/c1-4-19-17(22-13-18(2,26)14-11-23-24(3)12-14)21-10-9-20-15-5-7-16(8-6-15)25(27)28;/h5-8,11-12,20,26H,4,9-10,13H2,1-3H3,(H2,19,21,22);1H. The molecule has 10 nitrogen and oxygen atoms in total. The Hall–Kier alpha value is -2.41. The average molecular weight is 517 g/mol. The van der Waals surface area contributed by atoms with Gasteiger partial charge in [0.15, 0.2) is 5.96 Å². The first-order valence-electron chi connectivity index (χ1n) is 9.04. The van der Waals surface area contributed by atoms with Gasteiger partial charge in [-0.3, -0.25) is 14.8 Å². The molecule has 2 aromatic rings. The van der Waals surface area contributed by atoms with E-state index in [1.54, 1.807) is 43.2 Å². The van der Waals surface area contributed by atoms with Crippen molar-refractivity contribution in [1.82, 2.24) is 20.4 Å². The highest BCUT2D eigenvalue weighted by Crippen LogP contribution is 2.19. The minimum absolute atomic E-state index is 0. The maximum Gasteiger partial charge on any atom is 0.269 e. The molecule has 0 aliphatic carbocycles. The summed E-state index contributed by atoms with van der Waals surface area (Å²) in [6.07, 6.45) is 3.40. The van der Waals surface area contributed by atoms with E-state index in [4.69, 9.17) is 0 Å². The summed E-state index contributed by atoms with van der Waals surface area (Å²) in [5, 5.41) is 34.9. The third kappa shape index (κ3) is 7.85. The summed E-state index contributed by atoms with van der Waals surface area (Å²) >= 11 is 0. The lowest BCUT2D eigenvalue weighted by Gasteiger charge is -2.20. The zero-order chi connectivity index (χ0) is 20.6. The van der Waals surface area contributed by atoms with E-state index < -0.39 is 10.5 Å². The second kappa shape index (κ2) is 11.6. The average Bonchev–Trinajstić information content (AvgIpc) is 3.11. The number of nitrogens with zero attached hydrogens (tertiary/aromatic N) is 4. The Morgan fingerprint density at radius 3 is 2.55 bits per heavy atom. The van der Waals surface area contributed by atoms with Crippen molar-refractivity contribution < 1.29 is 10.0 Å². The van der Waals surface area contributed by atoms with E-state index in [0.717, 1.165) is 5.69 Å². The lowest BCUT2D eigenvalue weighted by Crippen LogP contribution is -2.40. The van der Waals surface area contributed by atoms with E-state index in [1.165, 1.54) is 12.1 Å². The highest BCUT2D eigenvalue weighted by Gasteiger charge is 2.24. The molecule has 160 valence electrons. The molecule has 1 atom stereocenters. The van der Waals surface area contributed by atoms with Crippen molar-refractivity contribution >= 4 is 41.3 Å². The summed E-state index contributed by atoms with van der Waals surface area (Å²) in [6.45, 7) is 5.72. The molecular formula is C18H28IN7O3. The molecule has 0 spiro atoms. The van der Waals surface area contributed by atoms with Crippen LogP contribution >= 0.6 is 24.0 Å². The van der Waals surface area contributed by atoms with Gasteiger partial charge >= 0.3 is 0 Å². The first kappa shape index (κ1) is 24.6. The van der Waals surface area contributed by atoms with Gasteiger partial charge in [-0.15, -0.1) is 24.0 Å². The molecule has 1 aromatic carbocycles. The number of nitro benzene ring substituents is 1. The molecule has 0 aliphatic rings. The van der Waals surface area contributed by atoms with Crippen LogP contribution in [0.1, 0.15) is 19.4 Å². The molecule has 0 saturated carbocycles. The van der Waals surface area contributed by atoms with E-state index in [9.17, 15) is 15.2 Å². The van der Waals surface area contributed by atoms with Crippen molar-refractivity contribution in [3.8, 4) is 0 Å². The number of hydrogen-bond donors (Lipinski definition) is 4. The number of aliphatic hydroxyl groups is 1. The smallest absolute Gasteiger partial charge is 0.269 e. The van der Waals surface area contributed by atoms with Gasteiger partial charge in [0.25, 0.3) is 5.69 Å². The molecule has 1 aromatic heterocycles. The van der Waals surface area contributed by atoms with Gasteiger partial charge in [0.1, 0.15) is 5.60 Å². The number of aliphatic imine (C=N–C) groups is 1. The maximum atomic E-state index is 10.7. The molecule has 0 aliphatic heterocycles. The number of benzene rings is 1. The van der Waals surface area contributed by atoms with Crippen LogP contribution < -0.4 is 16.0 Å². The Bertz CT molecular complexity index is 806. The molecular weight excluding hydrogens is 489 g/mol. The molecule has 1 unspecified atom stereocenters. The fourth-order valence-corrected chi connectivity index (χ4v) is 2.45. The zero-order valence-electron chi connectivity index (χ0n) is 16.8. The van der Waals surface area contributed by atoms with Crippen molar-refractivity contribution in [2.75, 3.05) is 31.5 Å². The number of aromatic nitrogens is 2. The molecule has 0 amide bonds. The summed E-state index contributed by atoms with van der Waals surface area (Å²) < 4.78 is 1.64. The van der Waals surface area contributed by atoms with Crippen LogP contribution in [0.25, 0.3) is 0 Å². The molecule has 0 bridgehead atoms. The Morgan fingerprint density at radius 1 is 1.31 bits per heavy atom. The van der Waals surface area contributed by atoms with Crippen molar-refractivity contribution in [3.05, 3.63) is 52.3 Å². The van der Waals surface area contributed by atoms with Crippen LogP contribution in [0.2, 0.25) is 0 Å². The molecule has 2 rings (SSSR count). The predicted molar refractivity (Wildman–Crippen MR) is 124 cm³/mol. The van der Waals surface area contributed by atoms with Gasteiger partial charge in [-0.1, -0.05) is 0 Å². The van der Waals surface area contributed by atoms with Gasteiger partial charge in [0, 0.05) is 56.3 Å². The SMILES string of the molecule is CCNC(=NCC(C)(O)c1cnn(C)c1)NCCNc1ccc([N+](=O)[O-])cc1.I. The fourth-order valence-electron chi connectivity index (χ4n) is 2.45. The number of non-ortho nitro benzene ring substituents is 1. The third-order valence-electron chi connectivity index (χ3n) is 4.04. The van der Waals surface area contributed by atoms with Crippen molar-refractivity contribution in [2.45, 2.75) is 19.4 Å². The van der Waals surface area contributed by atoms with Crippen LogP contribution in [0.3, 0.4) is 0 Å². The monoisotopic (exact) mass is 517 g/mol. The number of aryl methyl sites for hydroxylation is 1. The molecule has 1 heterocycles. The van der Waals surface area contributed by atoms with Crippen LogP contribution in [0, 0.1) is 10.1 Å². The van der Waals surface area contributed by atoms with Crippen LogP contribution in [0.15, 0.2) is 41.7 Å². The Morgan fingerprint density at radius 2 is 2.00 bits per heavy atom. The molecule has 11 heteroatoms. The predicted octanol–water partition coefficient (Wildman–Crippen LogP) is 1.82. The molecule has 0 fully saturated rings. The molecule has 4 N–H and O–H groups in total. The maximum absolute atomic E-state index is 10.7. The van der Waals surface area contributed by atoms with E-state index >= 15 is 0 Å². The quantitative estimate of drug-likeness (QED) is 0.0998. The second-order valence-electron chi connectivity index (χ2n) is 6.53. The summed E-state index contributed by atoms with van der Waals surface area (Å²) in [5.41, 5.74) is 0.447. The van der Waals surface area contributed by atoms with E-state index in [-0.39, 0.29) is 36.2 Å². The minimum Gasteiger partial charge on any atom is -0.383 e. The lowest BCUT2D eigenvalue weighted by atomic mass is 10.0. The number of nitrogens with one attached hydrogen (secondary N) is 3. The summed E-state index contributed by atoms with van der Waals surface area (Å²) in [7, 11) is 1.80. The number of nitro groups is 1. The first-order chi connectivity index (χ1) is 13.3. The third-order valence-corrected chi connectivity index (χ3v) is 4.04. The fraction of sp³-hybridized carbons (Fsp3) is 0.444. The Labute approximate surface area is 187 Å². The van der Waals surface area contributed by atoms with Gasteiger partial charge < -0.3 is 21.1 Å². The number of guanidine groups is 1. The summed E-state index contributed by atoms with van der Waals surface area (Å²) in [6, 6.07) is 6.26. The van der Waals surface area contributed by atoms with Gasteiger partial charge in [0.2, 0.25) is 0 Å². The zero-order valence-corrected chi connectivity index (χ0v) is 19.1. The normalized spacial score (nSPS) is 13.2. The topological polar surface area (TPSA) is 130 Å². The second-order valence-corrected chi connectivity index (χ2v) is 6.53. The summed E-state index contributed by atoms with van der Waals surface area (Å²) in [4.78, 5) is 14.7. The first-order valence-corrected chi connectivity index (χ1v) is 9.04. The van der Waals surface area contributed by atoms with Crippen LogP contribution in [-0.4, -0.2) is 51.9 Å². The van der Waals surface area contributed by atoms with Crippen LogP contribution in [-0.2, 0) is 12.6 Å². The number of anilines is 1. The Kier molecular flexibility index (Phi) is 9.81. The van der Waals surface area contributed by atoms with E-state index in [1.807, 2.05) is 6.92 Å². The highest BCUT2D eigenvalue weighted by atomic mass is 127. The number of hydrogen-bond acceptors (Lipinski definition) is 6. The van der Waals surface area contributed by atoms with Gasteiger partial charge in [-0.05, 0) is 26.0 Å². The molecule has 0 radical (unpaired) electrons. The largest absolute Gasteiger partial charge is 0.383 e. The Balaban J connectivity index is 0.00000420. The van der Waals surface area contributed by atoms with Gasteiger partial charge in [-0.25, -0.2) is 4.99 Å². The van der Waals surface area contributed by atoms with E-state index in [2.05, 4.69) is 26.0 Å². The van der Waals surface area contributed by atoms with Crippen LogP contribution in [0.4, 0.5) is 11.4 Å². The van der Waals surface area contributed by atoms with Gasteiger partial charge in [0.05, 0.1) is 17.7 Å². The van der Waals surface area contributed by atoms with Crippen molar-refractivity contribution in [1.29, 1.82) is 0 Å². The van der Waals surface area contributed by atoms with E-state index in [0.29, 0.717) is 31.2 Å². The number of rotatable bonds is 9. The van der Waals surface area contributed by atoms with Crippen molar-refractivity contribution in [2.24, 2.45) is 12.0 Å². The van der Waals surface area contributed by atoms with Gasteiger partial charge in [-0.2, -0.15) is 5.10 Å². The van der Waals surface area contributed by atoms with Crippen LogP contribution in [0.5, 0.6) is 0 Å². The summed E-state index contributed by atoms with van der Waals surface area (Å²) in [5.74, 6) is 0.595. The van der Waals surface area contributed by atoms with Crippen molar-refractivity contribution in [3.63, 3.8) is 0 Å².